The van der Waals surface area contributed by atoms with Crippen LogP contribution in [0.4, 0.5) is 14.6 Å². The molecule has 4 heterocycles. The molecule has 1 saturated heterocycles. The predicted molar refractivity (Wildman–Crippen MR) is 141 cm³/mol. The van der Waals surface area contributed by atoms with Gasteiger partial charge in [0.1, 0.15) is 11.4 Å². The summed E-state index contributed by atoms with van der Waals surface area (Å²) in [4.78, 5) is 27.4. The molecule has 1 atom stereocenters. The number of nitrogens with zero attached hydrogens (tertiary/aromatic N) is 8. The maximum atomic E-state index is 14.0. The fourth-order valence-corrected chi connectivity index (χ4v) is 5.59. The van der Waals surface area contributed by atoms with E-state index in [0.717, 1.165) is 44.2 Å². The molecule has 0 aromatic carbocycles. The van der Waals surface area contributed by atoms with Crippen molar-refractivity contribution in [1.82, 2.24) is 39.6 Å². The lowest BCUT2D eigenvalue weighted by molar-refractivity contribution is -0.0495. The molecule has 0 radical (unpaired) electrons. The van der Waals surface area contributed by atoms with E-state index in [2.05, 4.69) is 20.2 Å². The summed E-state index contributed by atoms with van der Waals surface area (Å²) in [6.07, 6.45) is 3.50. The van der Waals surface area contributed by atoms with Gasteiger partial charge in [-0.05, 0) is 38.7 Å². The van der Waals surface area contributed by atoms with Crippen LogP contribution < -0.4 is 10.2 Å². The molecular formula is C26H37F2N9O2. The molecule has 2 aliphatic rings. The van der Waals surface area contributed by atoms with Gasteiger partial charge in [-0.3, -0.25) is 14.4 Å². The fraction of sp³-hybridized carbons (Fsp3) is 0.654. The van der Waals surface area contributed by atoms with Gasteiger partial charge in [0.05, 0.1) is 24.5 Å². The molecule has 3 aromatic heterocycles. The molecule has 39 heavy (non-hydrogen) atoms. The number of alkyl halides is 2. The molecule has 1 amide bonds. The van der Waals surface area contributed by atoms with Gasteiger partial charge in [0.25, 0.3) is 11.7 Å². The number of nitrogens with one attached hydrogen (secondary N) is 1. The first-order valence-corrected chi connectivity index (χ1v) is 13.7. The number of hydrogen-bond acceptors (Lipinski definition) is 8. The van der Waals surface area contributed by atoms with Crippen LogP contribution >= 0.6 is 0 Å². The maximum absolute atomic E-state index is 14.0. The van der Waals surface area contributed by atoms with Crippen molar-refractivity contribution in [3.05, 3.63) is 35.5 Å². The molecule has 1 aliphatic heterocycles. The third kappa shape index (κ3) is 6.03. The van der Waals surface area contributed by atoms with Gasteiger partial charge < -0.3 is 15.0 Å². The first-order valence-electron chi connectivity index (χ1n) is 13.7. The Balaban J connectivity index is 1.40. The Morgan fingerprint density at radius 2 is 1.95 bits per heavy atom. The Morgan fingerprint density at radius 1 is 1.21 bits per heavy atom. The monoisotopic (exact) mass is 545 g/mol. The number of carbonyl (C=O) groups excluding carboxylic acids is 1. The summed E-state index contributed by atoms with van der Waals surface area (Å²) in [7, 11) is 1.71. The van der Waals surface area contributed by atoms with Gasteiger partial charge in [-0.1, -0.05) is 0 Å². The smallest absolute Gasteiger partial charge is 0.270 e. The van der Waals surface area contributed by atoms with Gasteiger partial charge >= 0.3 is 0 Å². The molecule has 1 unspecified atom stereocenters. The minimum Gasteiger partial charge on any atom is -0.383 e. The second-order valence-corrected chi connectivity index (χ2v) is 10.4. The molecule has 3 aromatic rings. The standard InChI is InChI=1S/C26H37F2N9O2/c1-4-36-21(7-10-29-36)24(38)31-22(19-5-8-26(27,28)9-6-19)20-17-37-25(30-20)32-23(18(2)33-37)35-13-11-34(12-14-35)15-16-39-3/h7,10,17,19,22H,4-6,8-9,11-16H2,1-3H3,(H,31,38). The number of methoxy groups -OCH3 is 1. The molecule has 2 fully saturated rings. The second-order valence-electron chi connectivity index (χ2n) is 10.4. The van der Waals surface area contributed by atoms with Crippen LogP contribution in [0.2, 0.25) is 0 Å². The van der Waals surface area contributed by atoms with Crippen LogP contribution in [-0.4, -0.2) is 92.5 Å². The summed E-state index contributed by atoms with van der Waals surface area (Å²) >= 11 is 0. The minimum atomic E-state index is -2.67. The van der Waals surface area contributed by atoms with Crippen molar-refractivity contribution in [3.8, 4) is 0 Å². The van der Waals surface area contributed by atoms with E-state index in [-0.39, 0.29) is 37.5 Å². The number of amides is 1. The van der Waals surface area contributed by atoms with E-state index in [0.29, 0.717) is 30.3 Å². The van der Waals surface area contributed by atoms with Crippen molar-refractivity contribution in [3.63, 3.8) is 0 Å². The number of aryl methyl sites for hydroxylation is 2. The minimum absolute atomic E-state index is 0.183. The number of piperazine rings is 1. The Bertz CT molecular complexity index is 1280. The molecule has 1 aliphatic carbocycles. The largest absolute Gasteiger partial charge is 0.383 e. The third-order valence-corrected chi connectivity index (χ3v) is 7.85. The van der Waals surface area contributed by atoms with Gasteiger partial charge in [-0.2, -0.15) is 15.2 Å². The number of imidazole rings is 1. The molecule has 5 rings (SSSR count). The summed E-state index contributed by atoms with van der Waals surface area (Å²) in [6.45, 7) is 9.44. The number of aromatic nitrogens is 6. The van der Waals surface area contributed by atoms with Crippen molar-refractivity contribution in [2.75, 3.05) is 51.3 Å². The molecule has 1 saturated carbocycles. The van der Waals surface area contributed by atoms with Gasteiger partial charge in [0.2, 0.25) is 5.92 Å². The van der Waals surface area contributed by atoms with E-state index >= 15 is 0 Å². The fourth-order valence-electron chi connectivity index (χ4n) is 5.59. The highest BCUT2D eigenvalue weighted by atomic mass is 19.3. The SMILES string of the molecule is CCn1nccc1C(=O)NC(c1cn2nc(C)c(N3CCN(CCOC)CC3)nc2n1)C1CCC(F)(F)CC1. The van der Waals surface area contributed by atoms with Crippen LogP contribution in [0.5, 0.6) is 0 Å². The van der Waals surface area contributed by atoms with Gasteiger partial charge in [-0.25, -0.2) is 18.3 Å². The molecule has 1 N–H and O–H groups in total. The predicted octanol–water partition coefficient (Wildman–Crippen LogP) is 2.71. The van der Waals surface area contributed by atoms with E-state index in [4.69, 9.17) is 19.8 Å². The summed E-state index contributed by atoms with van der Waals surface area (Å²) in [5, 5.41) is 12.0. The number of ether oxygens (including phenoxy) is 1. The Hall–Kier alpha value is -3.19. The number of halogens is 2. The number of fused-ring (bicyclic) bond motifs is 1. The van der Waals surface area contributed by atoms with Crippen LogP contribution in [0.25, 0.3) is 5.78 Å². The highest BCUT2D eigenvalue weighted by molar-refractivity contribution is 5.92. The van der Waals surface area contributed by atoms with Gasteiger partial charge in [-0.15, -0.1) is 0 Å². The van der Waals surface area contributed by atoms with Gasteiger partial charge in [0, 0.05) is 65.4 Å². The molecule has 0 bridgehead atoms. The third-order valence-electron chi connectivity index (χ3n) is 7.85. The zero-order valence-electron chi connectivity index (χ0n) is 22.8. The number of rotatable bonds is 9. The average Bonchev–Trinajstić information content (AvgIpc) is 3.57. The summed E-state index contributed by atoms with van der Waals surface area (Å²) in [5.74, 6) is -1.95. The van der Waals surface area contributed by atoms with Crippen LogP contribution in [0.3, 0.4) is 0 Å². The van der Waals surface area contributed by atoms with Crippen molar-refractivity contribution in [1.29, 1.82) is 0 Å². The maximum Gasteiger partial charge on any atom is 0.270 e. The van der Waals surface area contributed by atoms with Crippen LogP contribution in [0.1, 0.15) is 60.5 Å². The molecule has 0 spiro atoms. The Kier molecular flexibility index (Phi) is 8.08. The molecule has 212 valence electrons. The topological polar surface area (TPSA) is 106 Å². The lowest BCUT2D eigenvalue weighted by atomic mass is 9.81. The van der Waals surface area contributed by atoms with Crippen molar-refractivity contribution in [2.24, 2.45) is 5.92 Å². The molecule has 13 heteroatoms. The van der Waals surface area contributed by atoms with E-state index in [1.165, 1.54) is 0 Å². The Labute approximate surface area is 226 Å². The summed E-state index contributed by atoms with van der Waals surface area (Å²) in [5.41, 5.74) is 1.77. The first-order chi connectivity index (χ1) is 18.8. The van der Waals surface area contributed by atoms with E-state index in [1.54, 1.807) is 34.8 Å². The van der Waals surface area contributed by atoms with Crippen LogP contribution in [0, 0.1) is 12.8 Å². The zero-order valence-corrected chi connectivity index (χ0v) is 22.8. The quantitative estimate of drug-likeness (QED) is 0.438. The lowest BCUT2D eigenvalue weighted by Crippen LogP contribution is -2.47. The first kappa shape index (κ1) is 27.4. The zero-order chi connectivity index (χ0) is 27.6. The van der Waals surface area contributed by atoms with Crippen molar-refractivity contribution < 1.29 is 18.3 Å². The Morgan fingerprint density at radius 3 is 2.64 bits per heavy atom. The van der Waals surface area contributed by atoms with E-state index in [1.807, 2.05) is 13.8 Å². The van der Waals surface area contributed by atoms with Crippen LogP contribution in [0.15, 0.2) is 18.5 Å². The van der Waals surface area contributed by atoms with Crippen LogP contribution in [-0.2, 0) is 11.3 Å². The highest BCUT2D eigenvalue weighted by Crippen LogP contribution is 2.41. The molecular weight excluding hydrogens is 508 g/mol. The average molecular weight is 546 g/mol. The normalized spacial score (nSPS) is 19.5. The number of hydrogen-bond donors (Lipinski definition) is 1. The van der Waals surface area contributed by atoms with Crippen molar-refractivity contribution in [2.45, 2.75) is 58.0 Å². The lowest BCUT2D eigenvalue weighted by Gasteiger charge is -2.35. The summed E-state index contributed by atoms with van der Waals surface area (Å²) < 4.78 is 36.4. The second kappa shape index (κ2) is 11.5. The summed E-state index contributed by atoms with van der Waals surface area (Å²) in [6, 6.07) is 1.10. The van der Waals surface area contributed by atoms with Crippen molar-refractivity contribution >= 4 is 17.5 Å². The van der Waals surface area contributed by atoms with Gasteiger partial charge in [0.15, 0.2) is 5.82 Å². The number of carbonyl (C=O) groups is 1. The number of anilines is 1. The molecule has 11 nitrogen and oxygen atoms in total. The van der Waals surface area contributed by atoms with E-state index in [9.17, 15) is 13.6 Å². The van der Waals surface area contributed by atoms with E-state index < -0.39 is 12.0 Å². The highest BCUT2D eigenvalue weighted by Gasteiger charge is 2.39.